The van der Waals surface area contributed by atoms with Gasteiger partial charge in [-0.25, -0.2) is 0 Å². The van der Waals surface area contributed by atoms with E-state index in [4.69, 9.17) is 0 Å². The second kappa shape index (κ2) is 8.09. The van der Waals surface area contributed by atoms with Crippen LogP contribution in [0.5, 0.6) is 11.5 Å². The lowest BCUT2D eigenvalue weighted by atomic mass is 9.84. The standard InChI is InChI=1S/C25H19NO4/c27-23-13-7-20(8-14-23)25(21-9-15-24(28)16-10-21)19-3-1-17(2-4-19)18-5-11-22(12-6-18)26(29)30/h1-16,25,27-28H. The molecule has 0 aliphatic rings. The Bertz CT molecular complexity index is 1100. The Hall–Kier alpha value is -4.12. The molecular weight excluding hydrogens is 378 g/mol. The summed E-state index contributed by atoms with van der Waals surface area (Å²) in [6, 6.07) is 28.7. The first-order valence-corrected chi connectivity index (χ1v) is 9.44. The number of nitro groups is 1. The molecule has 0 amide bonds. The lowest BCUT2D eigenvalue weighted by Crippen LogP contribution is -2.03. The maximum atomic E-state index is 10.9. The number of nitro benzene ring substituents is 1. The molecule has 0 saturated heterocycles. The van der Waals surface area contributed by atoms with E-state index in [-0.39, 0.29) is 23.1 Å². The Morgan fingerprint density at radius 2 is 0.900 bits per heavy atom. The van der Waals surface area contributed by atoms with E-state index in [0.29, 0.717) is 0 Å². The summed E-state index contributed by atoms with van der Waals surface area (Å²) in [5.74, 6) is 0.338. The molecular formula is C25H19NO4. The van der Waals surface area contributed by atoms with Crippen molar-refractivity contribution in [3.8, 4) is 22.6 Å². The van der Waals surface area contributed by atoms with Crippen LogP contribution < -0.4 is 0 Å². The van der Waals surface area contributed by atoms with E-state index in [0.717, 1.165) is 27.8 Å². The third-order valence-electron chi connectivity index (χ3n) is 5.11. The first kappa shape index (κ1) is 19.2. The maximum Gasteiger partial charge on any atom is 0.269 e. The number of hydrogen-bond donors (Lipinski definition) is 2. The average Bonchev–Trinajstić information content (AvgIpc) is 2.77. The van der Waals surface area contributed by atoms with Gasteiger partial charge in [0, 0.05) is 18.1 Å². The number of benzene rings is 4. The fourth-order valence-electron chi connectivity index (χ4n) is 3.55. The van der Waals surface area contributed by atoms with E-state index in [1.807, 2.05) is 48.5 Å². The molecule has 4 aromatic rings. The van der Waals surface area contributed by atoms with Crippen LogP contribution in [0.3, 0.4) is 0 Å². The highest BCUT2D eigenvalue weighted by molar-refractivity contribution is 5.65. The van der Waals surface area contributed by atoms with Gasteiger partial charge in [-0.2, -0.15) is 0 Å². The van der Waals surface area contributed by atoms with Gasteiger partial charge in [-0.1, -0.05) is 48.5 Å². The second-order valence-electron chi connectivity index (χ2n) is 7.04. The van der Waals surface area contributed by atoms with Crippen LogP contribution in [0.15, 0.2) is 97.1 Å². The molecule has 0 unspecified atom stereocenters. The lowest BCUT2D eigenvalue weighted by molar-refractivity contribution is -0.384. The Kier molecular flexibility index (Phi) is 5.18. The maximum absolute atomic E-state index is 10.9. The molecule has 148 valence electrons. The molecule has 30 heavy (non-hydrogen) atoms. The zero-order valence-corrected chi connectivity index (χ0v) is 16.0. The molecule has 0 radical (unpaired) electrons. The Morgan fingerprint density at radius 1 is 0.567 bits per heavy atom. The van der Waals surface area contributed by atoms with E-state index in [2.05, 4.69) is 0 Å². The van der Waals surface area contributed by atoms with Gasteiger partial charge >= 0.3 is 0 Å². The van der Waals surface area contributed by atoms with Gasteiger partial charge < -0.3 is 10.2 Å². The van der Waals surface area contributed by atoms with E-state index in [1.54, 1.807) is 36.4 Å². The predicted octanol–water partition coefficient (Wildman–Crippen LogP) is 5.85. The minimum absolute atomic E-state index is 0.0649. The first-order chi connectivity index (χ1) is 14.5. The van der Waals surface area contributed by atoms with E-state index >= 15 is 0 Å². The molecule has 5 heteroatoms. The zero-order valence-electron chi connectivity index (χ0n) is 16.0. The highest BCUT2D eigenvalue weighted by Crippen LogP contribution is 2.34. The molecule has 0 bridgehead atoms. The molecule has 2 N–H and O–H groups in total. The number of rotatable bonds is 5. The summed E-state index contributed by atoms with van der Waals surface area (Å²) in [4.78, 5) is 10.4. The number of phenols is 2. The Morgan fingerprint density at radius 3 is 1.27 bits per heavy atom. The summed E-state index contributed by atoms with van der Waals surface area (Å²) in [5, 5.41) is 30.2. The van der Waals surface area contributed by atoms with Crippen molar-refractivity contribution in [3.63, 3.8) is 0 Å². The average molecular weight is 397 g/mol. The fraction of sp³-hybridized carbons (Fsp3) is 0.0400. The van der Waals surface area contributed by atoms with E-state index in [1.165, 1.54) is 12.1 Å². The van der Waals surface area contributed by atoms with Gasteiger partial charge in [0.15, 0.2) is 0 Å². The van der Waals surface area contributed by atoms with Crippen molar-refractivity contribution in [3.05, 3.63) is 124 Å². The van der Waals surface area contributed by atoms with Gasteiger partial charge in [0.2, 0.25) is 0 Å². The predicted molar refractivity (Wildman–Crippen MR) is 116 cm³/mol. The van der Waals surface area contributed by atoms with Gasteiger partial charge in [-0.15, -0.1) is 0 Å². The second-order valence-corrected chi connectivity index (χ2v) is 7.04. The third kappa shape index (κ3) is 4.00. The lowest BCUT2D eigenvalue weighted by Gasteiger charge is -2.19. The molecule has 4 rings (SSSR count). The van der Waals surface area contributed by atoms with Crippen molar-refractivity contribution in [2.24, 2.45) is 0 Å². The number of hydrogen-bond acceptors (Lipinski definition) is 4. The summed E-state index contributed by atoms with van der Waals surface area (Å²) in [6.07, 6.45) is 0. The molecule has 0 aliphatic carbocycles. The summed E-state index contributed by atoms with van der Waals surface area (Å²) in [7, 11) is 0. The zero-order chi connectivity index (χ0) is 21.1. The van der Waals surface area contributed by atoms with Gasteiger partial charge in [-0.3, -0.25) is 10.1 Å². The van der Waals surface area contributed by atoms with Crippen molar-refractivity contribution < 1.29 is 15.1 Å². The van der Waals surface area contributed by atoms with E-state index in [9.17, 15) is 20.3 Å². The molecule has 4 aromatic carbocycles. The van der Waals surface area contributed by atoms with Crippen molar-refractivity contribution in [1.82, 2.24) is 0 Å². The quantitative estimate of drug-likeness (QED) is 0.251. The van der Waals surface area contributed by atoms with Crippen LogP contribution in [0.2, 0.25) is 0 Å². The molecule has 0 heterocycles. The first-order valence-electron chi connectivity index (χ1n) is 9.44. The molecule has 0 saturated carbocycles. The van der Waals surface area contributed by atoms with Gasteiger partial charge in [-0.05, 0) is 64.2 Å². The van der Waals surface area contributed by atoms with Crippen LogP contribution >= 0.6 is 0 Å². The number of aromatic hydroxyl groups is 2. The normalized spacial score (nSPS) is 10.8. The Labute approximate surface area is 173 Å². The molecule has 0 spiro atoms. The molecule has 0 aromatic heterocycles. The summed E-state index contributed by atoms with van der Waals surface area (Å²) >= 11 is 0. The van der Waals surface area contributed by atoms with Crippen LogP contribution in [-0.4, -0.2) is 15.1 Å². The monoisotopic (exact) mass is 397 g/mol. The highest BCUT2D eigenvalue weighted by Gasteiger charge is 2.17. The van der Waals surface area contributed by atoms with Crippen molar-refractivity contribution in [2.75, 3.05) is 0 Å². The smallest absolute Gasteiger partial charge is 0.269 e. The number of non-ortho nitro benzene ring substituents is 1. The van der Waals surface area contributed by atoms with Gasteiger partial charge in [0.05, 0.1) is 4.92 Å². The van der Waals surface area contributed by atoms with Gasteiger partial charge in [0.1, 0.15) is 11.5 Å². The minimum atomic E-state index is -0.410. The summed E-state index contributed by atoms with van der Waals surface area (Å²) in [6.45, 7) is 0. The van der Waals surface area contributed by atoms with Crippen molar-refractivity contribution in [2.45, 2.75) is 5.92 Å². The van der Waals surface area contributed by atoms with Crippen LogP contribution in [0.25, 0.3) is 11.1 Å². The summed E-state index contributed by atoms with van der Waals surface area (Å²) in [5.41, 5.74) is 5.01. The van der Waals surface area contributed by atoms with Crippen molar-refractivity contribution in [1.29, 1.82) is 0 Å². The molecule has 0 aliphatic heterocycles. The van der Waals surface area contributed by atoms with Crippen molar-refractivity contribution >= 4 is 5.69 Å². The van der Waals surface area contributed by atoms with Crippen LogP contribution in [0, 0.1) is 10.1 Å². The van der Waals surface area contributed by atoms with Crippen LogP contribution in [-0.2, 0) is 0 Å². The minimum Gasteiger partial charge on any atom is -0.508 e. The van der Waals surface area contributed by atoms with Crippen LogP contribution in [0.1, 0.15) is 22.6 Å². The molecule has 0 fully saturated rings. The largest absolute Gasteiger partial charge is 0.508 e. The highest BCUT2D eigenvalue weighted by atomic mass is 16.6. The third-order valence-corrected chi connectivity index (χ3v) is 5.11. The fourth-order valence-corrected chi connectivity index (χ4v) is 3.55. The summed E-state index contributed by atoms with van der Waals surface area (Å²) < 4.78 is 0. The molecule has 0 atom stereocenters. The topological polar surface area (TPSA) is 83.6 Å². The molecule has 5 nitrogen and oxygen atoms in total. The Balaban J connectivity index is 1.71. The van der Waals surface area contributed by atoms with Gasteiger partial charge in [0.25, 0.3) is 5.69 Å². The van der Waals surface area contributed by atoms with E-state index < -0.39 is 4.92 Å². The van der Waals surface area contributed by atoms with Crippen LogP contribution in [0.4, 0.5) is 5.69 Å². The SMILES string of the molecule is O=[N+]([O-])c1ccc(-c2ccc(C(c3ccc(O)cc3)c3ccc(O)cc3)cc2)cc1. The number of phenolic OH excluding ortho intramolecular Hbond substituents is 2. The number of nitrogens with zero attached hydrogens (tertiary/aromatic N) is 1.